The van der Waals surface area contributed by atoms with Gasteiger partial charge in [-0.25, -0.2) is 0 Å². The number of nitrogen functional groups attached to an aromatic ring is 1. The van der Waals surface area contributed by atoms with Gasteiger partial charge in [0.1, 0.15) is 0 Å². The minimum Gasteiger partial charge on any atom is -0.399 e. The van der Waals surface area contributed by atoms with E-state index in [0.717, 1.165) is 18.8 Å². The zero-order valence-electron chi connectivity index (χ0n) is 12.3. The quantitative estimate of drug-likeness (QED) is 0.785. The predicted molar refractivity (Wildman–Crippen MR) is 83.6 cm³/mol. The largest absolute Gasteiger partial charge is 0.399 e. The monoisotopic (exact) mass is 275 g/mol. The van der Waals surface area contributed by atoms with Gasteiger partial charge in [0.15, 0.2) is 0 Å². The van der Waals surface area contributed by atoms with Crippen LogP contribution in [0, 0.1) is 0 Å². The average Bonchev–Trinajstić information content (AvgIpc) is 2.96. The summed E-state index contributed by atoms with van der Waals surface area (Å²) < 4.78 is 0. The standard InChI is InChI=1S/C16H25N3O/c1-2-19(15-5-3-4-6-15)12-11-16(20)18-14-9-7-13(17)8-10-14/h7-10,15H,2-6,11-12,17H2,1H3,(H,18,20). The molecule has 0 heterocycles. The molecule has 4 heteroatoms. The molecule has 110 valence electrons. The lowest BCUT2D eigenvalue weighted by Gasteiger charge is -2.27. The Hall–Kier alpha value is -1.55. The molecule has 2 rings (SSSR count). The number of carbonyl (C=O) groups excluding carboxylic acids is 1. The maximum Gasteiger partial charge on any atom is 0.225 e. The van der Waals surface area contributed by atoms with Crippen molar-refractivity contribution in [3.05, 3.63) is 24.3 Å². The predicted octanol–water partition coefficient (Wildman–Crippen LogP) is 2.86. The van der Waals surface area contributed by atoms with Gasteiger partial charge in [0.05, 0.1) is 0 Å². The van der Waals surface area contributed by atoms with Crippen molar-refractivity contribution in [1.29, 1.82) is 0 Å². The van der Waals surface area contributed by atoms with Crippen molar-refractivity contribution in [2.75, 3.05) is 24.1 Å². The topological polar surface area (TPSA) is 58.4 Å². The Morgan fingerprint density at radius 2 is 1.95 bits per heavy atom. The maximum absolute atomic E-state index is 12.0. The number of anilines is 2. The number of carbonyl (C=O) groups is 1. The molecule has 20 heavy (non-hydrogen) atoms. The molecule has 3 N–H and O–H groups in total. The maximum atomic E-state index is 12.0. The zero-order valence-corrected chi connectivity index (χ0v) is 12.3. The number of amides is 1. The van der Waals surface area contributed by atoms with Gasteiger partial charge in [0.25, 0.3) is 0 Å². The van der Waals surface area contributed by atoms with Crippen LogP contribution in [0.25, 0.3) is 0 Å². The normalized spacial score (nSPS) is 15.7. The summed E-state index contributed by atoms with van der Waals surface area (Å²) in [6, 6.07) is 7.95. The van der Waals surface area contributed by atoms with E-state index < -0.39 is 0 Å². The van der Waals surface area contributed by atoms with Gasteiger partial charge in [-0.05, 0) is 43.7 Å². The Balaban J connectivity index is 1.77. The highest BCUT2D eigenvalue weighted by atomic mass is 16.1. The first-order valence-electron chi connectivity index (χ1n) is 7.58. The number of hydrogen-bond donors (Lipinski definition) is 2. The van der Waals surface area contributed by atoms with E-state index in [2.05, 4.69) is 17.1 Å². The van der Waals surface area contributed by atoms with E-state index in [1.165, 1.54) is 25.7 Å². The molecule has 0 bridgehead atoms. The van der Waals surface area contributed by atoms with Gasteiger partial charge in [-0.3, -0.25) is 4.79 Å². The first-order valence-corrected chi connectivity index (χ1v) is 7.58. The number of nitrogens with zero attached hydrogens (tertiary/aromatic N) is 1. The molecule has 0 aliphatic heterocycles. The van der Waals surface area contributed by atoms with Crippen molar-refractivity contribution < 1.29 is 4.79 Å². The van der Waals surface area contributed by atoms with Crippen LogP contribution in [0.1, 0.15) is 39.0 Å². The van der Waals surface area contributed by atoms with Crippen molar-refractivity contribution in [2.24, 2.45) is 0 Å². The molecule has 1 aromatic carbocycles. The lowest BCUT2D eigenvalue weighted by atomic mass is 10.2. The van der Waals surface area contributed by atoms with Crippen molar-refractivity contribution in [1.82, 2.24) is 4.90 Å². The fraction of sp³-hybridized carbons (Fsp3) is 0.562. The zero-order chi connectivity index (χ0) is 14.4. The Morgan fingerprint density at radius 1 is 1.30 bits per heavy atom. The fourth-order valence-electron chi connectivity index (χ4n) is 2.90. The molecule has 0 radical (unpaired) electrons. The van der Waals surface area contributed by atoms with Crippen LogP contribution in [0.4, 0.5) is 11.4 Å². The van der Waals surface area contributed by atoms with Crippen LogP contribution in [0.15, 0.2) is 24.3 Å². The summed E-state index contributed by atoms with van der Waals surface area (Å²) in [5.74, 6) is 0.0752. The molecular weight excluding hydrogens is 250 g/mol. The molecule has 1 amide bonds. The molecule has 0 unspecified atom stereocenters. The van der Waals surface area contributed by atoms with E-state index in [9.17, 15) is 4.79 Å². The number of nitrogens with two attached hydrogens (primary N) is 1. The van der Waals surface area contributed by atoms with Crippen LogP contribution in [0.5, 0.6) is 0 Å². The molecule has 1 aliphatic carbocycles. The van der Waals surface area contributed by atoms with E-state index >= 15 is 0 Å². The minimum atomic E-state index is 0.0752. The summed E-state index contributed by atoms with van der Waals surface area (Å²) in [6.07, 6.45) is 5.78. The van der Waals surface area contributed by atoms with E-state index in [4.69, 9.17) is 5.73 Å². The summed E-state index contributed by atoms with van der Waals surface area (Å²) in [6.45, 7) is 4.05. The molecule has 0 aromatic heterocycles. The van der Waals surface area contributed by atoms with Crippen molar-refractivity contribution >= 4 is 17.3 Å². The minimum absolute atomic E-state index is 0.0752. The highest BCUT2D eigenvalue weighted by Gasteiger charge is 2.21. The number of rotatable bonds is 6. The van der Waals surface area contributed by atoms with Crippen LogP contribution < -0.4 is 11.1 Å². The second-order valence-corrected chi connectivity index (χ2v) is 5.49. The van der Waals surface area contributed by atoms with Crippen molar-refractivity contribution in [3.8, 4) is 0 Å². The van der Waals surface area contributed by atoms with Crippen LogP contribution in [-0.2, 0) is 4.79 Å². The van der Waals surface area contributed by atoms with Gasteiger partial charge in [-0.1, -0.05) is 19.8 Å². The van der Waals surface area contributed by atoms with Crippen molar-refractivity contribution in [3.63, 3.8) is 0 Å². The first kappa shape index (κ1) is 14.9. The summed E-state index contributed by atoms with van der Waals surface area (Å²) >= 11 is 0. The number of nitrogens with one attached hydrogen (secondary N) is 1. The third kappa shape index (κ3) is 4.23. The highest BCUT2D eigenvalue weighted by molar-refractivity contribution is 5.90. The fourth-order valence-corrected chi connectivity index (χ4v) is 2.90. The van der Waals surface area contributed by atoms with E-state index in [0.29, 0.717) is 18.2 Å². The van der Waals surface area contributed by atoms with E-state index in [-0.39, 0.29) is 5.91 Å². The van der Waals surface area contributed by atoms with Gasteiger partial charge < -0.3 is 16.0 Å². The molecular formula is C16H25N3O. The van der Waals surface area contributed by atoms with Crippen LogP contribution >= 0.6 is 0 Å². The lowest BCUT2D eigenvalue weighted by Crippen LogP contribution is -2.35. The molecule has 1 aliphatic rings. The molecule has 0 spiro atoms. The first-order chi connectivity index (χ1) is 9.69. The van der Waals surface area contributed by atoms with Gasteiger partial charge in [-0.2, -0.15) is 0 Å². The van der Waals surface area contributed by atoms with Crippen LogP contribution in [-0.4, -0.2) is 29.9 Å². The van der Waals surface area contributed by atoms with Crippen LogP contribution in [0.3, 0.4) is 0 Å². The summed E-state index contributed by atoms with van der Waals surface area (Å²) in [7, 11) is 0. The van der Waals surface area contributed by atoms with Gasteiger partial charge >= 0.3 is 0 Å². The van der Waals surface area contributed by atoms with Gasteiger partial charge in [0, 0.05) is 30.4 Å². The second-order valence-electron chi connectivity index (χ2n) is 5.49. The Morgan fingerprint density at radius 3 is 2.55 bits per heavy atom. The third-order valence-electron chi connectivity index (χ3n) is 4.07. The highest BCUT2D eigenvalue weighted by Crippen LogP contribution is 2.23. The Labute approximate surface area is 121 Å². The number of benzene rings is 1. The Kier molecular flexibility index (Phi) is 5.41. The number of hydrogen-bond acceptors (Lipinski definition) is 3. The van der Waals surface area contributed by atoms with Gasteiger partial charge in [0.2, 0.25) is 5.91 Å². The molecule has 1 fully saturated rings. The smallest absolute Gasteiger partial charge is 0.225 e. The molecule has 1 saturated carbocycles. The summed E-state index contributed by atoms with van der Waals surface area (Å²) in [5, 5.41) is 2.92. The second kappa shape index (κ2) is 7.29. The molecule has 0 atom stereocenters. The average molecular weight is 275 g/mol. The van der Waals surface area contributed by atoms with Gasteiger partial charge in [-0.15, -0.1) is 0 Å². The Bertz CT molecular complexity index is 424. The van der Waals surface area contributed by atoms with E-state index in [1.54, 1.807) is 12.1 Å². The summed E-state index contributed by atoms with van der Waals surface area (Å²) in [4.78, 5) is 14.4. The molecule has 0 saturated heterocycles. The third-order valence-corrected chi connectivity index (χ3v) is 4.07. The molecule has 4 nitrogen and oxygen atoms in total. The lowest BCUT2D eigenvalue weighted by molar-refractivity contribution is -0.116. The van der Waals surface area contributed by atoms with Crippen molar-refractivity contribution in [2.45, 2.75) is 45.1 Å². The van der Waals surface area contributed by atoms with E-state index in [1.807, 2.05) is 12.1 Å². The molecule has 1 aromatic rings. The SMILES string of the molecule is CCN(CCC(=O)Nc1ccc(N)cc1)C1CCCC1. The van der Waals surface area contributed by atoms with Crippen LogP contribution in [0.2, 0.25) is 0 Å². The summed E-state index contributed by atoms with van der Waals surface area (Å²) in [5.41, 5.74) is 7.15.